The second-order valence-corrected chi connectivity index (χ2v) is 2.93. The number of aliphatic imine (C=N–C) groups is 1. The number of nitrogens with zero attached hydrogens (tertiary/aromatic N) is 2. The first-order valence-corrected chi connectivity index (χ1v) is 4.55. The second kappa shape index (κ2) is 5.81. The van der Waals surface area contributed by atoms with Crippen LogP contribution in [0.25, 0.3) is 0 Å². The number of amidine groups is 1. The molecule has 0 aromatic rings. The van der Waals surface area contributed by atoms with Gasteiger partial charge in [0.2, 0.25) is 0 Å². The summed E-state index contributed by atoms with van der Waals surface area (Å²) in [4.78, 5) is 6.57. The van der Waals surface area contributed by atoms with Gasteiger partial charge in [0.25, 0.3) is 0 Å². The molecule has 0 saturated heterocycles. The number of hydrogen-bond acceptors (Lipinski definition) is 1. The zero-order valence-corrected chi connectivity index (χ0v) is 8.89. The Bertz CT molecular complexity index is 180. The molecular weight excluding hydrogens is 148 g/mol. The molecule has 0 spiro atoms. The SMILES string of the molecule is CC/C=C(C)/N=C(/C)N(C)CC. The van der Waals surface area contributed by atoms with Crippen LogP contribution in [0.4, 0.5) is 0 Å². The van der Waals surface area contributed by atoms with E-state index >= 15 is 0 Å². The predicted octanol–water partition coefficient (Wildman–Crippen LogP) is 2.67. The highest BCUT2D eigenvalue weighted by Crippen LogP contribution is 1.99. The zero-order valence-electron chi connectivity index (χ0n) is 8.89. The van der Waals surface area contributed by atoms with Gasteiger partial charge in [0.05, 0.1) is 0 Å². The number of hydrogen-bond donors (Lipinski definition) is 0. The van der Waals surface area contributed by atoms with Crippen LogP contribution in [0.15, 0.2) is 16.8 Å². The van der Waals surface area contributed by atoms with E-state index in [0.717, 1.165) is 24.5 Å². The molecule has 70 valence electrons. The van der Waals surface area contributed by atoms with Crippen molar-refractivity contribution >= 4 is 5.84 Å². The highest BCUT2D eigenvalue weighted by Gasteiger charge is 1.95. The molecule has 0 aromatic heterocycles. The Hall–Kier alpha value is -0.790. The van der Waals surface area contributed by atoms with Crippen LogP contribution < -0.4 is 0 Å². The fourth-order valence-electron chi connectivity index (χ4n) is 0.910. The Labute approximate surface area is 76.0 Å². The molecule has 0 heterocycles. The lowest BCUT2D eigenvalue weighted by atomic mass is 10.4. The first kappa shape index (κ1) is 11.2. The molecule has 0 amide bonds. The van der Waals surface area contributed by atoms with Gasteiger partial charge >= 0.3 is 0 Å². The van der Waals surface area contributed by atoms with E-state index in [9.17, 15) is 0 Å². The van der Waals surface area contributed by atoms with E-state index in [4.69, 9.17) is 0 Å². The van der Waals surface area contributed by atoms with Crippen LogP contribution in [-0.4, -0.2) is 24.3 Å². The highest BCUT2D eigenvalue weighted by atomic mass is 15.1. The number of rotatable bonds is 3. The summed E-state index contributed by atoms with van der Waals surface area (Å²) in [5.74, 6) is 1.08. The molecule has 2 heteroatoms. The summed E-state index contributed by atoms with van der Waals surface area (Å²) < 4.78 is 0. The third-order valence-electron chi connectivity index (χ3n) is 1.86. The average molecular weight is 168 g/mol. The molecule has 12 heavy (non-hydrogen) atoms. The van der Waals surface area contributed by atoms with Gasteiger partial charge in [-0.3, -0.25) is 0 Å². The third-order valence-corrected chi connectivity index (χ3v) is 1.86. The Morgan fingerprint density at radius 3 is 2.33 bits per heavy atom. The molecule has 0 aliphatic rings. The van der Waals surface area contributed by atoms with Gasteiger partial charge in [0, 0.05) is 19.3 Å². The highest BCUT2D eigenvalue weighted by molar-refractivity contribution is 5.80. The standard InChI is InChI=1S/C10H20N2/c1-6-8-9(3)11-10(4)12(5)7-2/h8H,6-7H2,1-5H3/b9-8+,11-10-. The Balaban J connectivity index is 4.24. The van der Waals surface area contributed by atoms with Crippen molar-refractivity contribution in [3.63, 3.8) is 0 Å². The van der Waals surface area contributed by atoms with Gasteiger partial charge < -0.3 is 4.90 Å². The molecule has 0 bridgehead atoms. The van der Waals surface area contributed by atoms with Crippen LogP contribution in [-0.2, 0) is 0 Å². The summed E-state index contributed by atoms with van der Waals surface area (Å²) in [7, 11) is 2.05. The van der Waals surface area contributed by atoms with Crippen LogP contribution >= 0.6 is 0 Å². The minimum Gasteiger partial charge on any atom is -0.364 e. The molecule has 0 N–H and O–H groups in total. The topological polar surface area (TPSA) is 15.6 Å². The minimum absolute atomic E-state index is 1.01. The molecule has 0 saturated carbocycles. The minimum atomic E-state index is 1.01. The Kier molecular flexibility index (Phi) is 5.43. The fraction of sp³-hybridized carbons (Fsp3) is 0.700. The lowest BCUT2D eigenvalue weighted by molar-refractivity contribution is 0.531. The van der Waals surface area contributed by atoms with Crippen molar-refractivity contribution in [2.75, 3.05) is 13.6 Å². The smallest absolute Gasteiger partial charge is 0.101 e. The van der Waals surface area contributed by atoms with E-state index < -0.39 is 0 Å². The molecule has 0 fully saturated rings. The van der Waals surface area contributed by atoms with Crippen molar-refractivity contribution < 1.29 is 0 Å². The molecule has 0 radical (unpaired) electrons. The van der Waals surface area contributed by atoms with E-state index in [1.165, 1.54) is 0 Å². The van der Waals surface area contributed by atoms with E-state index in [2.05, 4.69) is 36.9 Å². The molecule has 0 aliphatic carbocycles. The molecule has 0 aromatic carbocycles. The van der Waals surface area contributed by atoms with Crippen LogP contribution in [0.3, 0.4) is 0 Å². The molecule has 0 unspecified atom stereocenters. The Morgan fingerprint density at radius 2 is 1.92 bits per heavy atom. The zero-order chi connectivity index (χ0) is 9.56. The van der Waals surface area contributed by atoms with Gasteiger partial charge in [-0.15, -0.1) is 0 Å². The third kappa shape index (κ3) is 4.16. The van der Waals surface area contributed by atoms with Crippen LogP contribution in [0.2, 0.25) is 0 Å². The van der Waals surface area contributed by atoms with Crippen molar-refractivity contribution in [3.8, 4) is 0 Å². The maximum absolute atomic E-state index is 4.44. The summed E-state index contributed by atoms with van der Waals surface area (Å²) in [5.41, 5.74) is 1.11. The normalized spacial score (nSPS) is 13.4. The van der Waals surface area contributed by atoms with Crippen molar-refractivity contribution in [2.24, 2.45) is 4.99 Å². The largest absolute Gasteiger partial charge is 0.364 e. The van der Waals surface area contributed by atoms with E-state index in [1.807, 2.05) is 13.8 Å². The molecule has 0 atom stereocenters. The van der Waals surface area contributed by atoms with Gasteiger partial charge in [0.1, 0.15) is 5.84 Å². The maximum Gasteiger partial charge on any atom is 0.101 e. The van der Waals surface area contributed by atoms with Crippen LogP contribution in [0.5, 0.6) is 0 Å². The monoisotopic (exact) mass is 168 g/mol. The van der Waals surface area contributed by atoms with E-state index in [0.29, 0.717) is 0 Å². The Morgan fingerprint density at radius 1 is 1.33 bits per heavy atom. The molecule has 2 nitrogen and oxygen atoms in total. The maximum atomic E-state index is 4.44. The van der Waals surface area contributed by atoms with Crippen molar-refractivity contribution in [1.82, 2.24) is 4.90 Å². The first-order chi connectivity index (χ1) is 5.61. The number of allylic oxidation sites excluding steroid dienone is 2. The second-order valence-electron chi connectivity index (χ2n) is 2.93. The van der Waals surface area contributed by atoms with E-state index in [-0.39, 0.29) is 0 Å². The molecule has 0 rings (SSSR count). The van der Waals surface area contributed by atoms with Gasteiger partial charge in [-0.05, 0) is 27.2 Å². The summed E-state index contributed by atoms with van der Waals surface area (Å²) in [5, 5.41) is 0. The van der Waals surface area contributed by atoms with Crippen LogP contribution in [0, 0.1) is 0 Å². The summed E-state index contributed by atoms with van der Waals surface area (Å²) >= 11 is 0. The van der Waals surface area contributed by atoms with E-state index in [1.54, 1.807) is 0 Å². The first-order valence-electron chi connectivity index (χ1n) is 4.55. The van der Waals surface area contributed by atoms with Crippen molar-refractivity contribution in [2.45, 2.75) is 34.1 Å². The van der Waals surface area contributed by atoms with Crippen molar-refractivity contribution in [3.05, 3.63) is 11.8 Å². The predicted molar refractivity (Wildman–Crippen MR) is 55.5 cm³/mol. The lowest BCUT2D eigenvalue weighted by Gasteiger charge is -2.15. The molecule has 0 aliphatic heterocycles. The van der Waals surface area contributed by atoms with Gasteiger partial charge in [0.15, 0.2) is 0 Å². The van der Waals surface area contributed by atoms with Gasteiger partial charge in [-0.2, -0.15) is 0 Å². The van der Waals surface area contributed by atoms with Crippen LogP contribution in [0.1, 0.15) is 34.1 Å². The van der Waals surface area contributed by atoms with Gasteiger partial charge in [-0.1, -0.05) is 13.0 Å². The van der Waals surface area contributed by atoms with Gasteiger partial charge in [-0.25, -0.2) is 4.99 Å². The fourth-order valence-corrected chi connectivity index (χ4v) is 0.910. The molecular formula is C10H20N2. The lowest BCUT2D eigenvalue weighted by Crippen LogP contribution is -2.23. The quantitative estimate of drug-likeness (QED) is 0.467. The average Bonchev–Trinajstić information content (AvgIpc) is 2.03. The summed E-state index contributed by atoms with van der Waals surface area (Å²) in [6, 6.07) is 0. The summed E-state index contributed by atoms with van der Waals surface area (Å²) in [6.07, 6.45) is 3.19. The summed E-state index contributed by atoms with van der Waals surface area (Å²) in [6.45, 7) is 9.33. The van der Waals surface area contributed by atoms with Crippen molar-refractivity contribution in [1.29, 1.82) is 0 Å².